The molecule has 92 valence electrons. The molecule has 1 aliphatic heterocycles. The summed E-state index contributed by atoms with van der Waals surface area (Å²) in [6.45, 7) is 5.31. The minimum absolute atomic E-state index is 0.206. The Bertz CT molecular complexity index is 386. The van der Waals surface area contributed by atoms with E-state index in [9.17, 15) is 0 Å². The van der Waals surface area contributed by atoms with Gasteiger partial charge in [0.1, 0.15) is 0 Å². The lowest BCUT2D eigenvalue weighted by Crippen LogP contribution is -2.56. The molecule has 2 heteroatoms. The Morgan fingerprint density at radius 1 is 1.24 bits per heavy atom. The second-order valence-electron chi connectivity index (χ2n) is 5.81. The van der Waals surface area contributed by atoms with Crippen LogP contribution in [0, 0.1) is 5.92 Å². The molecule has 2 nitrogen and oxygen atoms in total. The molecule has 0 spiro atoms. The Kier molecular flexibility index (Phi) is 2.72. The lowest BCUT2D eigenvalue weighted by atomic mass is 9.70. The highest BCUT2D eigenvalue weighted by atomic mass is 15.2. The van der Waals surface area contributed by atoms with Crippen LogP contribution >= 0.6 is 0 Å². The summed E-state index contributed by atoms with van der Waals surface area (Å²) in [4.78, 5) is 2.60. The van der Waals surface area contributed by atoms with Crippen LogP contribution in [0.25, 0.3) is 0 Å². The topological polar surface area (TPSA) is 29.3 Å². The first-order valence-electron chi connectivity index (χ1n) is 6.76. The fourth-order valence-electron chi connectivity index (χ4n) is 3.28. The minimum atomic E-state index is 0.206. The summed E-state index contributed by atoms with van der Waals surface area (Å²) in [6.07, 6.45) is 4.11. The van der Waals surface area contributed by atoms with Gasteiger partial charge in [-0.2, -0.15) is 0 Å². The second-order valence-corrected chi connectivity index (χ2v) is 5.81. The van der Waals surface area contributed by atoms with Gasteiger partial charge < -0.3 is 5.73 Å². The molecular weight excluding hydrogens is 208 g/mol. The monoisotopic (exact) mass is 230 g/mol. The summed E-state index contributed by atoms with van der Waals surface area (Å²) in [6, 6.07) is 8.80. The van der Waals surface area contributed by atoms with Crippen molar-refractivity contribution in [3.8, 4) is 0 Å². The van der Waals surface area contributed by atoms with E-state index in [-0.39, 0.29) is 5.54 Å². The van der Waals surface area contributed by atoms with Crippen LogP contribution in [0.1, 0.15) is 37.3 Å². The molecule has 1 saturated carbocycles. The van der Waals surface area contributed by atoms with Gasteiger partial charge in [0.15, 0.2) is 0 Å². The molecule has 0 saturated heterocycles. The summed E-state index contributed by atoms with van der Waals surface area (Å²) in [7, 11) is 0. The molecule has 1 aliphatic carbocycles. The van der Waals surface area contributed by atoms with Gasteiger partial charge in [0.2, 0.25) is 0 Å². The number of nitrogens with zero attached hydrogens (tertiary/aromatic N) is 1. The van der Waals surface area contributed by atoms with Crippen LogP contribution in [0.15, 0.2) is 24.3 Å². The molecule has 1 heterocycles. The molecule has 1 unspecified atom stereocenters. The standard InChI is InChI=1S/C15H22N2/c1-15(11-16,14-7-4-8-14)17-9-12-5-2-3-6-13(12)10-17/h2-3,5-6,14H,4,7-11,16H2,1H3. The van der Waals surface area contributed by atoms with Crippen molar-refractivity contribution in [1.82, 2.24) is 4.90 Å². The summed E-state index contributed by atoms with van der Waals surface area (Å²) in [5.41, 5.74) is 9.28. The Morgan fingerprint density at radius 2 is 1.82 bits per heavy atom. The van der Waals surface area contributed by atoms with Gasteiger partial charge in [-0.15, -0.1) is 0 Å². The van der Waals surface area contributed by atoms with Gasteiger partial charge in [-0.3, -0.25) is 4.90 Å². The van der Waals surface area contributed by atoms with E-state index in [0.717, 1.165) is 25.6 Å². The molecule has 0 bridgehead atoms. The molecule has 0 radical (unpaired) electrons. The van der Waals surface area contributed by atoms with Crippen molar-refractivity contribution in [1.29, 1.82) is 0 Å². The van der Waals surface area contributed by atoms with Crippen molar-refractivity contribution in [3.63, 3.8) is 0 Å². The lowest BCUT2D eigenvalue weighted by molar-refractivity contribution is 0.0132. The number of rotatable bonds is 3. The third kappa shape index (κ3) is 1.71. The Morgan fingerprint density at radius 3 is 2.24 bits per heavy atom. The Labute approximate surface area is 104 Å². The highest BCUT2D eigenvalue weighted by molar-refractivity contribution is 5.31. The maximum Gasteiger partial charge on any atom is 0.0338 e. The van der Waals surface area contributed by atoms with Crippen LogP contribution in [-0.2, 0) is 13.1 Å². The summed E-state index contributed by atoms with van der Waals surface area (Å²) < 4.78 is 0. The largest absolute Gasteiger partial charge is 0.329 e. The van der Waals surface area contributed by atoms with Crippen molar-refractivity contribution in [3.05, 3.63) is 35.4 Å². The lowest BCUT2D eigenvalue weighted by Gasteiger charge is -2.48. The van der Waals surface area contributed by atoms with Gasteiger partial charge in [0.25, 0.3) is 0 Å². The first-order chi connectivity index (χ1) is 8.24. The zero-order chi connectivity index (χ0) is 11.9. The van der Waals surface area contributed by atoms with Crippen molar-refractivity contribution in [2.75, 3.05) is 6.54 Å². The summed E-state index contributed by atoms with van der Waals surface area (Å²) in [5, 5.41) is 0. The average Bonchev–Trinajstić information content (AvgIpc) is 2.70. The van der Waals surface area contributed by atoms with Gasteiger partial charge in [-0.05, 0) is 36.8 Å². The normalized spacial score (nSPS) is 24.1. The second kappa shape index (κ2) is 4.11. The summed E-state index contributed by atoms with van der Waals surface area (Å²) in [5.74, 6) is 0.807. The van der Waals surface area contributed by atoms with Crippen LogP contribution in [0.2, 0.25) is 0 Å². The van der Waals surface area contributed by atoms with Gasteiger partial charge in [0, 0.05) is 25.2 Å². The van der Waals surface area contributed by atoms with Crippen LogP contribution in [-0.4, -0.2) is 17.0 Å². The van der Waals surface area contributed by atoms with E-state index in [1.165, 1.54) is 30.4 Å². The van der Waals surface area contributed by atoms with Gasteiger partial charge in [-0.1, -0.05) is 30.7 Å². The third-order valence-electron chi connectivity index (χ3n) is 4.96. The fraction of sp³-hybridized carbons (Fsp3) is 0.600. The van der Waals surface area contributed by atoms with Crippen molar-refractivity contribution in [2.45, 2.75) is 44.8 Å². The van der Waals surface area contributed by atoms with E-state index in [0.29, 0.717) is 0 Å². The number of fused-ring (bicyclic) bond motifs is 1. The van der Waals surface area contributed by atoms with Crippen LogP contribution in [0.3, 0.4) is 0 Å². The molecule has 0 aromatic heterocycles. The SMILES string of the molecule is CC(CN)(C1CCC1)N1Cc2ccccc2C1. The Hall–Kier alpha value is -0.860. The molecule has 1 atom stereocenters. The van der Waals surface area contributed by atoms with Gasteiger partial charge in [0.05, 0.1) is 0 Å². The number of benzene rings is 1. The Balaban J connectivity index is 1.82. The molecule has 1 aromatic rings. The zero-order valence-corrected chi connectivity index (χ0v) is 10.7. The smallest absolute Gasteiger partial charge is 0.0338 e. The average molecular weight is 230 g/mol. The maximum absolute atomic E-state index is 6.09. The predicted octanol–water partition coefficient (Wildman–Crippen LogP) is 2.52. The fourth-order valence-corrected chi connectivity index (χ4v) is 3.28. The minimum Gasteiger partial charge on any atom is -0.329 e. The first kappa shape index (κ1) is 11.2. The number of nitrogens with two attached hydrogens (primary N) is 1. The summed E-state index contributed by atoms with van der Waals surface area (Å²) >= 11 is 0. The molecule has 1 fully saturated rings. The number of hydrogen-bond donors (Lipinski definition) is 1. The van der Waals surface area contributed by atoms with E-state index in [1.54, 1.807) is 0 Å². The highest BCUT2D eigenvalue weighted by Gasteiger charge is 2.43. The highest BCUT2D eigenvalue weighted by Crippen LogP contribution is 2.42. The zero-order valence-electron chi connectivity index (χ0n) is 10.7. The van der Waals surface area contributed by atoms with Crippen molar-refractivity contribution >= 4 is 0 Å². The molecule has 3 rings (SSSR count). The van der Waals surface area contributed by atoms with Crippen LogP contribution in [0.4, 0.5) is 0 Å². The molecule has 1 aromatic carbocycles. The quantitative estimate of drug-likeness (QED) is 0.864. The van der Waals surface area contributed by atoms with E-state index >= 15 is 0 Å². The van der Waals surface area contributed by atoms with E-state index in [2.05, 4.69) is 36.1 Å². The number of hydrogen-bond acceptors (Lipinski definition) is 2. The van der Waals surface area contributed by atoms with Crippen molar-refractivity contribution < 1.29 is 0 Å². The first-order valence-corrected chi connectivity index (χ1v) is 6.76. The molecule has 0 amide bonds. The van der Waals surface area contributed by atoms with E-state index in [4.69, 9.17) is 5.73 Å². The van der Waals surface area contributed by atoms with E-state index in [1.807, 2.05) is 0 Å². The van der Waals surface area contributed by atoms with Crippen LogP contribution in [0.5, 0.6) is 0 Å². The molecule has 2 N–H and O–H groups in total. The molecule has 2 aliphatic rings. The van der Waals surface area contributed by atoms with Crippen LogP contribution < -0.4 is 5.73 Å². The van der Waals surface area contributed by atoms with Gasteiger partial charge in [-0.25, -0.2) is 0 Å². The van der Waals surface area contributed by atoms with E-state index < -0.39 is 0 Å². The molecular formula is C15H22N2. The third-order valence-corrected chi connectivity index (χ3v) is 4.96. The predicted molar refractivity (Wildman–Crippen MR) is 70.5 cm³/mol. The maximum atomic E-state index is 6.09. The van der Waals surface area contributed by atoms with Crippen molar-refractivity contribution in [2.24, 2.45) is 11.7 Å². The van der Waals surface area contributed by atoms with Gasteiger partial charge >= 0.3 is 0 Å². The molecule has 17 heavy (non-hydrogen) atoms.